The number of esters is 1. The highest BCUT2D eigenvalue weighted by atomic mass is 35.5. The lowest BCUT2D eigenvalue weighted by atomic mass is 9.64. The summed E-state index contributed by atoms with van der Waals surface area (Å²) in [5.74, 6) is -0.942. The lowest BCUT2D eigenvalue weighted by Crippen LogP contribution is -2.35. The molecule has 2 rings (SSSR count). The van der Waals surface area contributed by atoms with E-state index in [4.69, 9.17) is 32.6 Å². The van der Waals surface area contributed by atoms with E-state index in [0.29, 0.717) is 12.0 Å². The molecule has 0 radical (unpaired) electrons. The number of rotatable bonds is 4. The fourth-order valence-corrected chi connectivity index (χ4v) is 2.92. The molecule has 0 fully saturated rings. The molecule has 0 amide bonds. The van der Waals surface area contributed by atoms with Gasteiger partial charge in [-0.2, -0.15) is 0 Å². The SMILES string of the molecule is CCOC(=O)c1c(Cl)c(Cl)cc2c1OB(O)[C@@H](CC(C)=O)C2. The van der Waals surface area contributed by atoms with Crippen LogP contribution in [0.25, 0.3) is 0 Å². The molecule has 1 heterocycles. The number of ketones is 1. The zero-order chi connectivity index (χ0) is 16.4. The van der Waals surface area contributed by atoms with Crippen LogP contribution in [0, 0.1) is 0 Å². The first-order valence-electron chi connectivity index (χ1n) is 6.87. The molecule has 1 aromatic rings. The van der Waals surface area contributed by atoms with Crippen LogP contribution in [0.15, 0.2) is 6.07 Å². The van der Waals surface area contributed by atoms with Gasteiger partial charge in [-0.1, -0.05) is 23.2 Å². The van der Waals surface area contributed by atoms with Gasteiger partial charge in [0.05, 0.1) is 16.7 Å². The quantitative estimate of drug-likeness (QED) is 0.671. The first-order valence-corrected chi connectivity index (χ1v) is 7.62. The zero-order valence-electron chi connectivity index (χ0n) is 12.2. The Labute approximate surface area is 138 Å². The van der Waals surface area contributed by atoms with Gasteiger partial charge in [0.15, 0.2) is 0 Å². The predicted octanol–water partition coefficient (Wildman–Crippen LogP) is 2.93. The van der Waals surface area contributed by atoms with E-state index in [1.807, 2.05) is 0 Å². The van der Waals surface area contributed by atoms with Crippen molar-refractivity contribution in [1.82, 2.24) is 0 Å². The third-order valence-corrected chi connectivity index (χ3v) is 4.19. The van der Waals surface area contributed by atoms with E-state index in [2.05, 4.69) is 0 Å². The molecule has 118 valence electrons. The summed E-state index contributed by atoms with van der Waals surface area (Å²) in [5, 5.41) is 10.3. The Morgan fingerprint density at radius 3 is 2.77 bits per heavy atom. The number of carbonyl (C=O) groups excluding carboxylic acids is 2. The van der Waals surface area contributed by atoms with Crippen molar-refractivity contribution in [3.8, 4) is 5.75 Å². The molecule has 0 spiro atoms. The number of hydrogen-bond donors (Lipinski definition) is 1. The maximum Gasteiger partial charge on any atom is 0.526 e. The van der Waals surface area contributed by atoms with Gasteiger partial charge >= 0.3 is 13.1 Å². The molecule has 1 aliphatic heterocycles. The Kier molecular flexibility index (Phi) is 5.37. The number of benzene rings is 1. The van der Waals surface area contributed by atoms with Gasteiger partial charge in [0.1, 0.15) is 17.1 Å². The van der Waals surface area contributed by atoms with E-state index >= 15 is 0 Å². The molecule has 22 heavy (non-hydrogen) atoms. The second-order valence-corrected chi connectivity index (χ2v) is 5.92. The van der Waals surface area contributed by atoms with E-state index in [1.165, 1.54) is 6.92 Å². The van der Waals surface area contributed by atoms with Crippen LogP contribution >= 0.6 is 23.2 Å². The van der Waals surface area contributed by atoms with Crippen molar-refractivity contribution in [2.75, 3.05) is 6.61 Å². The largest absolute Gasteiger partial charge is 0.535 e. The summed E-state index contributed by atoms with van der Waals surface area (Å²) in [7, 11) is -1.19. The number of Topliss-reactive ketones (excluding diaryl/α,β-unsaturated/α-hetero) is 1. The maximum absolute atomic E-state index is 12.1. The van der Waals surface area contributed by atoms with Crippen LogP contribution in [0.1, 0.15) is 36.2 Å². The van der Waals surface area contributed by atoms with E-state index in [9.17, 15) is 14.6 Å². The summed E-state index contributed by atoms with van der Waals surface area (Å²) >= 11 is 12.1. The van der Waals surface area contributed by atoms with Crippen LogP contribution in [0.2, 0.25) is 15.9 Å². The molecule has 0 bridgehead atoms. The third kappa shape index (κ3) is 3.40. The minimum absolute atomic E-state index is 0.00587. The molecule has 0 saturated carbocycles. The summed E-state index contributed by atoms with van der Waals surface area (Å²) in [6.07, 6.45) is 0.537. The van der Waals surface area contributed by atoms with E-state index in [1.54, 1.807) is 13.0 Å². The Morgan fingerprint density at radius 1 is 1.50 bits per heavy atom. The molecule has 0 saturated heterocycles. The fraction of sp³-hybridized carbons (Fsp3) is 0.429. The van der Waals surface area contributed by atoms with E-state index in [-0.39, 0.29) is 40.2 Å². The highest BCUT2D eigenvalue weighted by molar-refractivity contribution is 6.48. The first kappa shape index (κ1) is 17.1. The highest BCUT2D eigenvalue weighted by Crippen LogP contribution is 2.42. The van der Waals surface area contributed by atoms with Crippen molar-refractivity contribution in [3.05, 3.63) is 27.2 Å². The van der Waals surface area contributed by atoms with Crippen molar-refractivity contribution in [1.29, 1.82) is 0 Å². The van der Waals surface area contributed by atoms with Gasteiger partial charge in [-0.25, -0.2) is 4.79 Å². The summed E-state index contributed by atoms with van der Waals surface area (Å²) in [4.78, 5) is 23.3. The van der Waals surface area contributed by atoms with E-state index < -0.39 is 18.9 Å². The minimum Gasteiger partial charge on any atom is -0.535 e. The highest BCUT2D eigenvalue weighted by Gasteiger charge is 2.38. The number of halogens is 2. The van der Waals surface area contributed by atoms with Crippen LogP contribution < -0.4 is 4.65 Å². The zero-order valence-corrected chi connectivity index (χ0v) is 13.7. The minimum atomic E-state index is -1.19. The van der Waals surface area contributed by atoms with Gasteiger partial charge < -0.3 is 19.2 Å². The van der Waals surface area contributed by atoms with Crippen LogP contribution in [0.4, 0.5) is 0 Å². The van der Waals surface area contributed by atoms with Crippen molar-refractivity contribution in [3.63, 3.8) is 0 Å². The molecule has 8 heteroatoms. The molecule has 1 N–H and O–H groups in total. The second kappa shape index (κ2) is 6.90. The van der Waals surface area contributed by atoms with Crippen LogP contribution in [-0.4, -0.2) is 30.5 Å². The molecule has 1 aliphatic rings. The first-order chi connectivity index (χ1) is 10.3. The number of fused-ring (bicyclic) bond motifs is 1. The molecule has 0 unspecified atom stereocenters. The lowest BCUT2D eigenvalue weighted by molar-refractivity contribution is -0.117. The monoisotopic (exact) mass is 344 g/mol. The van der Waals surface area contributed by atoms with Gasteiger partial charge in [-0.05, 0) is 31.9 Å². The maximum atomic E-state index is 12.1. The van der Waals surface area contributed by atoms with Crippen molar-refractivity contribution >= 4 is 42.1 Å². The normalized spacial score (nSPS) is 16.8. The third-order valence-electron chi connectivity index (χ3n) is 3.40. The van der Waals surface area contributed by atoms with Crippen molar-refractivity contribution in [2.45, 2.75) is 32.5 Å². The molecule has 0 aliphatic carbocycles. The van der Waals surface area contributed by atoms with Crippen LogP contribution in [0.5, 0.6) is 5.75 Å². The number of hydrogen-bond acceptors (Lipinski definition) is 5. The second-order valence-electron chi connectivity index (χ2n) is 5.13. The molecule has 1 aromatic carbocycles. The number of ether oxygens (including phenoxy) is 1. The Balaban J connectivity index is 2.46. The standard InChI is InChI=1S/C14H15BCl2O5/c1-3-21-14(19)11-12(17)10(16)6-8-5-9(4-7(2)18)15(20)22-13(8)11/h6,9,20H,3-5H2,1-2H3/t9-/m0/s1. The summed E-state index contributed by atoms with van der Waals surface area (Å²) < 4.78 is 10.4. The van der Waals surface area contributed by atoms with Gasteiger partial charge in [0.2, 0.25) is 0 Å². The van der Waals surface area contributed by atoms with Crippen molar-refractivity contribution < 1.29 is 24.0 Å². The lowest BCUT2D eigenvalue weighted by Gasteiger charge is -2.28. The Hall–Kier alpha value is -1.24. The molecule has 5 nitrogen and oxygen atoms in total. The fourth-order valence-electron chi connectivity index (χ4n) is 2.48. The van der Waals surface area contributed by atoms with Gasteiger partial charge in [0.25, 0.3) is 0 Å². The average molecular weight is 345 g/mol. The molecule has 0 aromatic heterocycles. The number of carbonyl (C=O) groups is 2. The Bertz CT molecular complexity index is 620. The van der Waals surface area contributed by atoms with Gasteiger partial charge in [-0.3, -0.25) is 0 Å². The molecular formula is C14H15BCl2O5. The topological polar surface area (TPSA) is 72.8 Å². The summed E-state index contributed by atoms with van der Waals surface area (Å²) in [5.41, 5.74) is 0.625. The van der Waals surface area contributed by atoms with E-state index in [0.717, 1.165) is 0 Å². The molecular weight excluding hydrogens is 330 g/mol. The van der Waals surface area contributed by atoms with Crippen LogP contribution in [-0.2, 0) is 16.0 Å². The van der Waals surface area contributed by atoms with Gasteiger partial charge in [0, 0.05) is 12.2 Å². The van der Waals surface area contributed by atoms with Crippen LogP contribution in [0.3, 0.4) is 0 Å². The Morgan fingerprint density at radius 2 is 2.18 bits per heavy atom. The average Bonchev–Trinajstić information content (AvgIpc) is 2.42. The molecule has 1 atom stereocenters. The van der Waals surface area contributed by atoms with Gasteiger partial charge in [-0.15, -0.1) is 0 Å². The summed E-state index contributed by atoms with van der Waals surface area (Å²) in [6.45, 7) is 3.29. The smallest absolute Gasteiger partial charge is 0.526 e. The van der Waals surface area contributed by atoms with Crippen molar-refractivity contribution in [2.24, 2.45) is 0 Å². The predicted molar refractivity (Wildman–Crippen MR) is 83.8 cm³/mol. The summed E-state index contributed by atoms with van der Waals surface area (Å²) in [6, 6.07) is 1.58.